The Bertz CT molecular complexity index is 277. The highest BCUT2D eigenvalue weighted by molar-refractivity contribution is 8.01. The predicted molar refractivity (Wildman–Crippen MR) is 88.8 cm³/mol. The van der Waals surface area contributed by atoms with Crippen molar-refractivity contribution in [2.75, 3.05) is 13.6 Å². The van der Waals surface area contributed by atoms with Crippen LogP contribution in [-0.2, 0) is 0 Å². The first-order valence-corrected chi connectivity index (χ1v) is 7.86. The fourth-order valence-electron chi connectivity index (χ4n) is 1.63. The smallest absolute Gasteiger partial charge is 0.0352 e. The van der Waals surface area contributed by atoms with Gasteiger partial charge in [-0.3, -0.25) is 0 Å². The molecule has 0 amide bonds. The highest BCUT2D eigenvalue weighted by Crippen LogP contribution is 2.33. The number of rotatable bonds is 4. The zero-order valence-corrected chi connectivity index (χ0v) is 14.2. The summed E-state index contributed by atoms with van der Waals surface area (Å²) in [4.78, 5) is 1.31. The van der Waals surface area contributed by atoms with Crippen LogP contribution in [0.2, 0.25) is 0 Å². The minimum atomic E-state index is 1.03. The molecular weight excluding hydrogens is 238 g/mol. The third-order valence-corrected chi connectivity index (χ3v) is 3.28. The lowest BCUT2D eigenvalue weighted by atomic mass is 10.1. The van der Waals surface area contributed by atoms with Crippen LogP contribution in [0.4, 0.5) is 0 Å². The number of allylic oxidation sites excluding steroid dienone is 2. The Balaban J connectivity index is 0. The van der Waals surface area contributed by atoms with Gasteiger partial charge in [-0.1, -0.05) is 65.3 Å². The van der Waals surface area contributed by atoms with Gasteiger partial charge in [-0.2, -0.15) is 0 Å². The Kier molecular flexibility index (Phi) is 14.3. The molecule has 1 nitrogen and oxygen atoms in total. The van der Waals surface area contributed by atoms with Crippen LogP contribution in [0, 0.1) is 0 Å². The monoisotopic (exact) mass is 269 g/mol. The molecule has 0 fully saturated rings. The SMILES string of the molecule is C=CC1=C(/C=C(\C)CCC)CN(C)S1.CC.CC. The molecule has 0 saturated heterocycles. The van der Waals surface area contributed by atoms with Crippen molar-refractivity contribution in [2.24, 2.45) is 0 Å². The van der Waals surface area contributed by atoms with E-state index >= 15 is 0 Å². The van der Waals surface area contributed by atoms with Crippen molar-refractivity contribution in [1.82, 2.24) is 4.31 Å². The summed E-state index contributed by atoms with van der Waals surface area (Å²) in [5.41, 5.74) is 2.89. The van der Waals surface area contributed by atoms with Crippen LogP contribution in [0.25, 0.3) is 0 Å². The molecule has 0 aromatic rings. The van der Waals surface area contributed by atoms with Crippen molar-refractivity contribution < 1.29 is 0 Å². The lowest BCUT2D eigenvalue weighted by Crippen LogP contribution is -2.05. The Labute approximate surface area is 119 Å². The van der Waals surface area contributed by atoms with Gasteiger partial charge in [0.1, 0.15) is 0 Å². The number of likely N-dealkylation sites (N-methyl/N-ethyl adjacent to an activating group) is 1. The minimum Gasteiger partial charge on any atom is -0.245 e. The van der Waals surface area contributed by atoms with Crippen molar-refractivity contribution in [2.45, 2.75) is 54.4 Å². The van der Waals surface area contributed by atoms with E-state index in [2.05, 4.69) is 37.9 Å². The summed E-state index contributed by atoms with van der Waals surface area (Å²) in [5, 5.41) is 0. The molecule has 0 atom stereocenters. The predicted octanol–water partition coefficient (Wildman–Crippen LogP) is 5.82. The maximum atomic E-state index is 3.85. The average molecular weight is 269 g/mol. The molecule has 0 N–H and O–H groups in total. The van der Waals surface area contributed by atoms with E-state index in [1.54, 1.807) is 11.9 Å². The summed E-state index contributed by atoms with van der Waals surface area (Å²) >= 11 is 1.78. The molecule has 1 heterocycles. The molecule has 0 aromatic carbocycles. The van der Waals surface area contributed by atoms with Gasteiger partial charge in [-0.05, 0) is 37.9 Å². The molecule has 1 aliphatic heterocycles. The zero-order chi connectivity index (χ0) is 14.6. The molecular formula is C16H31NS. The number of nitrogens with zero attached hydrogens (tertiary/aromatic N) is 1. The highest BCUT2D eigenvalue weighted by Gasteiger charge is 2.15. The van der Waals surface area contributed by atoms with Crippen LogP contribution < -0.4 is 0 Å². The van der Waals surface area contributed by atoms with Gasteiger partial charge in [-0.25, -0.2) is 4.31 Å². The van der Waals surface area contributed by atoms with Crippen molar-refractivity contribution in [1.29, 1.82) is 0 Å². The second-order valence-corrected chi connectivity index (χ2v) is 4.96. The number of hydrogen-bond acceptors (Lipinski definition) is 2. The van der Waals surface area contributed by atoms with E-state index in [-0.39, 0.29) is 0 Å². The summed E-state index contributed by atoms with van der Waals surface area (Å²) in [6, 6.07) is 0. The lowest BCUT2D eigenvalue weighted by molar-refractivity contribution is 0.639. The Hall–Kier alpha value is -0.470. The van der Waals surface area contributed by atoms with E-state index < -0.39 is 0 Å². The maximum Gasteiger partial charge on any atom is 0.0352 e. The number of hydrogen-bond donors (Lipinski definition) is 0. The topological polar surface area (TPSA) is 3.24 Å². The minimum absolute atomic E-state index is 1.03. The molecule has 0 spiro atoms. The summed E-state index contributed by atoms with van der Waals surface area (Å²) in [6.07, 6.45) is 6.70. The van der Waals surface area contributed by atoms with Crippen molar-refractivity contribution in [3.63, 3.8) is 0 Å². The average Bonchev–Trinajstić information content (AvgIpc) is 2.74. The first kappa shape index (κ1) is 19.9. The second-order valence-electron chi connectivity index (χ2n) is 3.71. The fraction of sp³-hybridized carbons (Fsp3) is 0.625. The highest BCUT2D eigenvalue weighted by atomic mass is 32.2. The summed E-state index contributed by atoms with van der Waals surface area (Å²) in [6.45, 7) is 17.3. The fourth-order valence-corrected chi connectivity index (χ4v) is 2.48. The van der Waals surface area contributed by atoms with Crippen LogP contribution in [0.1, 0.15) is 54.4 Å². The lowest BCUT2D eigenvalue weighted by Gasteiger charge is -2.04. The molecule has 0 saturated carbocycles. The molecule has 18 heavy (non-hydrogen) atoms. The van der Waals surface area contributed by atoms with Gasteiger partial charge in [0.2, 0.25) is 0 Å². The largest absolute Gasteiger partial charge is 0.245 e. The first-order valence-electron chi connectivity index (χ1n) is 7.09. The van der Waals surface area contributed by atoms with E-state index in [0.717, 1.165) is 6.54 Å². The van der Waals surface area contributed by atoms with Gasteiger partial charge in [0.25, 0.3) is 0 Å². The molecule has 0 aliphatic carbocycles. The molecule has 0 aromatic heterocycles. The van der Waals surface area contributed by atoms with E-state index in [0.29, 0.717) is 0 Å². The molecule has 1 aliphatic rings. The molecule has 1 rings (SSSR count). The van der Waals surface area contributed by atoms with Gasteiger partial charge in [-0.15, -0.1) is 0 Å². The molecule has 0 radical (unpaired) electrons. The van der Waals surface area contributed by atoms with Crippen LogP contribution in [0.5, 0.6) is 0 Å². The van der Waals surface area contributed by atoms with Crippen LogP contribution in [0.3, 0.4) is 0 Å². The standard InChI is InChI=1S/C12H19NS.2C2H6/c1-5-7-10(3)8-11-9-13(4)14-12(11)6-2;2*1-2/h6,8H,2,5,7,9H2,1,3-4H3;2*1-2H3/b10-8+;;. The van der Waals surface area contributed by atoms with Gasteiger partial charge < -0.3 is 0 Å². The quantitative estimate of drug-likeness (QED) is 0.592. The summed E-state index contributed by atoms with van der Waals surface area (Å²) in [5.74, 6) is 0. The third-order valence-electron chi connectivity index (χ3n) is 2.21. The summed E-state index contributed by atoms with van der Waals surface area (Å²) < 4.78 is 2.24. The van der Waals surface area contributed by atoms with Crippen molar-refractivity contribution in [3.8, 4) is 0 Å². The third kappa shape index (κ3) is 7.78. The van der Waals surface area contributed by atoms with E-state index in [1.165, 1.54) is 28.9 Å². The van der Waals surface area contributed by atoms with Crippen molar-refractivity contribution >= 4 is 11.9 Å². The van der Waals surface area contributed by atoms with Crippen LogP contribution in [0.15, 0.2) is 34.8 Å². The van der Waals surface area contributed by atoms with Crippen molar-refractivity contribution in [3.05, 3.63) is 34.8 Å². The molecule has 2 heteroatoms. The van der Waals surface area contributed by atoms with Crippen LogP contribution >= 0.6 is 11.9 Å². The Morgan fingerprint density at radius 1 is 1.33 bits per heavy atom. The first-order chi connectivity index (χ1) is 8.67. The Morgan fingerprint density at radius 3 is 2.33 bits per heavy atom. The van der Waals surface area contributed by atoms with E-state index in [4.69, 9.17) is 0 Å². The van der Waals surface area contributed by atoms with Crippen LogP contribution in [-0.4, -0.2) is 17.9 Å². The van der Waals surface area contributed by atoms with E-state index in [1.807, 2.05) is 33.8 Å². The van der Waals surface area contributed by atoms with Gasteiger partial charge >= 0.3 is 0 Å². The van der Waals surface area contributed by atoms with E-state index in [9.17, 15) is 0 Å². The molecule has 0 bridgehead atoms. The molecule has 106 valence electrons. The second kappa shape index (κ2) is 13.0. The summed E-state index contributed by atoms with van der Waals surface area (Å²) in [7, 11) is 2.12. The maximum absolute atomic E-state index is 3.85. The molecule has 0 unspecified atom stereocenters. The Morgan fingerprint density at radius 2 is 1.89 bits per heavy atom. The van der Waals surface area contributed by atoms with Gasteiger partial charge in [0.05, 0.1) is 0 Å². The zero-order valence-electron chi connectivity index (χ0n) is 13.3. The normalized spacial score (nSPS) is 15.6. The van der Waals surface area contributed by atoms with Gasteiger partial charge in [0.15, 0.2) is 0 Å². The van der Waals surface area contributed by atoms with Gasteiger partial charge in [0, 0.05) is 11.4 Å².